The second-order valence-corrected chi connectivity index (χ2v) is 3.14. The molecular weight excluding hydrogens is 294 g/mol. The van der Waals surface area contributed by atoms with Crippen molar-refractivity contribution in [2.75, 3.05) is 0 Å². The number of hydrogen-bond donors (Lipinski definition) is 1. The van der Waals surface area contributed by atoms with Crippen LogP contribution in [-0.4, -0.2) is 11.3 Å². The normalized spacial score (nSPS) is 12.9. The summed E-state index contributed by atoms with van der Waals surface area (Å²) in [7, 11) is 0. The second-order valence-electron chi connectivity index (χ2n) is 3.14. The number of pyridine rings is 1. The Morgan fingerprint density at radius 2 is 1.63 bits per heavy atom. The Labute approximate surface area is 98.3 Å². The Balaban J connectivity index is 3.54. The van der Waals surface area contributed by atoms with Crippen molar-refractivity contribution in [3.8, 4) is 5.88 Å². The highest BCUT2D eigenvalue weighted by atomic mass is 19.4. The lowest BCUT2D eigenvalue weighted by Gasteiger charge is -2.16. The first kappa shape index (κ1) is 15.2. The zero-order valence-electron chi connectivity index (χ0n) is 8.49. The number of halogens is 8. The Morgan fingerprint density at radius 3 is 2.00 bits per heavy atom. The first-order valence-electron chi connectivity index (χ1n) is 4.30. The van der Waals surface area contributed by atoms with Crippen LogP contribution in [0.1, 0.15) is 17.6 Å². The number of rotatable bonds is 2. The molecule has 0 fully saturated rings. The number of aromatic amines is 1. The topological polar surface area (TPSA) is 42.1 Å². The lowest BCUT2D eigenvalue weighted by atomic mass is 10.1. The highest BCUT2D eigenvalue weighted by Crippen LogP contribution is 2.40. The predicted octanol–water partition coefficient (Wildman–Crippen LogP) is 3.23. The van der Waals surface area contributed by atoms with Gasteiger partial charge in [0.2, 0.25) is 5.88 Å². The van der Waals surface area contributed by atoms with E-state index < -0.39 is 41.5 Å². The van der Waals surface area contributed by atoms with Gasteiger partial charge in [0.15, 0.2) is 0 Å². The van der Waals surface area contributed by atoms with Gasteiger partial charge in [-0.2, -0.15) is 13.2 Å². The minimum atomic E-state index is -5.53. The van der Waals surface area contributed by atoms with E-state index in [-0.39, 0.29) is 6.07 Å². The minimum Gasteiger partial charge on any atom is -0.389 e. The van der Waals surface area contributed by atoms with Gasteiger partial charge >= 0.3 is 12.5 Å². The molecule has 0 aliphatic rings. The van der Waals surface area contributed by atoms with Crippen molar-refractivity contribution >= 4 is 0 Å². The number of aromatic nitrogens is 1. The number of H-pyrrole nitrogens is 1. The molecule has 1 rings (SSSR count). The smallest absolute Gasteiger partial charge is 0.389 e. The van der Waals surface area contributed by atoms with Gasteiger partial charge in [0, 0.05) is 6.07 Å². The summed E-state index contributed by atoms with van der Waals surface area (Å²) in [6.07, 6.45) is -14.9. The fraction of sp³-hybridized carbons (Fsp3) is 0.375. The SMILES string of the molecule is O=c1cc(C(F)(F)F)c(C(F)F)c(OC(F)(F)F)[nH]1. The summed E-state index contributed by atoms with van der Waals surface area (Å²) in [5.41, 5.74) is -5.93. The molecule has 1 aromatic rings. The van der Waals surface area contributed by atoms with Crippen LogP contribution in [0.15, 0.2) is 10.9 Å². The predicted molar refractivity (Wildman–Crippen MR) is 43.7 cm³/mol. The third-order valence-electron chi connectivity index (χ3n) is 1.79. The standard InChI is InChI=1S/C8H3F8NO2/c9-5(10)4-2(7(11,12)13)1-3(18)17-6(4)19-8(14,15)16/h1,5H,(H,17,18). The monoisotopic (exact) mass is 297 g/mol. The van der Waals surface area contributed by atoms with Crippen LogP contribution in [0.2, 0.25) is 0 Å². The molecule has 3 nitrogen and oxygen atoms in total. The third kappa shape index (κ3) is 3.83. The van der Waals surface area contributed by atoms with Crippen molar-refractivity contribution < 1.29 is 39.9 Å². The van der Waals surface area contributed by atoms with Gasteiger partial charge in [-0.1, -0.05) is 0 Å². The van der Waals surface area contributed by atoms with Crippen LogP contribution in [0, 0.1) is 0 Å². The summed E-state index contributed by atoms with van der Waals surface area (Å²) >= 11 is 0. The lowest BCUT2D eigenvalue weighted by Crippen LogP contribution is -2.24. The van der Waals surface area contributed by atoms with Gasteiger partial charge in [-0.05, 0) is 0 Å². The molecule has 0 aromatic carbocycles. The first-order valence-corrected chi connectivity index (χ1v) is 4.30. The molecule has 0 spiro atoms. The Hall–Kier alpha value is -1.81. The summed E-state index contributed by atoms with van der Waals surface area (Å²) in [5, 5.41) is 0. The van der Waals surface area contributed by atoms with Gasteiger partial charge in [0.1, 0.15) is 0 Å². The van der Waals surface area contributed by atoms with E-state index in [2.05, 4.69) is 4.74 Å². The van der Waals surface area contributed by atoms with E-state index in [1.807, 2.05) is 0 Å². The summed E-state index contributed by atoms with van der Waals surface area (Å²) in [5.74, 6) is -1.98. The molecule has 19 heavy (non-hydrogen) atoms. The number of hydrogen-bond acceptors (Lipinski definition) is 2. The van der Waals surface area contributed by atoms with Crippen molar-refractivity contribution in [1.29, 1.82) is 0 Å². The molecule has 0 aliphatic heterocycles. The maximum Gasteiger partial charge on any atom is 0.574 e. The van der Waals surface area contributed by atoms with E-state index in [9.17, 15) is 39.9 Å². The van der Waals surface area contributed by atoms with Gasteiger partial charge in [0.05, 0.1) is 11.1 Å². The van der Waals surface area contributed by atoms with Crippen LogP contribution in [0.3, 0.4) is 0 Å². The fourth-order valence-electron chi connectivity index (χ4n) is 1.19. The molecule has 0 amide bonds. The van der Waals surface area contributed by atoms with Crippen molar-refractivity contribution in [2.24, 2.45) is 0 Å². The quantitative estimate of drug-likeness (QED) is 0.852. The molecule has 0 unspecified atom stereocenters. The molecule has 11 heteroatoms. The van der Waals surface area contributed by atoms with Crippen molar-refractivity contribution in [3.05, 3.63) is 27.5 Å². The van der Waals surface area contributed by atoms with Crippen LogP contribution >= 0.6 is 0 Å². The molecule has 108 valence electrons. The molecule has 1 aromatic heterocycles. The van der Waals surface area contributed by atoms with E-state index in [4.69, 9.17) is 0 Å². The lowest BCUT2D eigenvalue weighted by molar-refractivity contribution is -0.277. The molecule has 0 atom stereocenters. The molecule has 0 saturated heterocycles. The van der Waals surface area contributed by atoms with Crippen LogP contribution < -0.4 is 10.3 Å². The zero-order valence-corrected chi connectivity index (χ0v) is 8.49. The molecule has 0 radical (unpaired) electrons. The Kier molecular flexibility index (Phi) is 3.77. The second kappa shape index (κ2) is 4.70. The van der Waals surface area contributed by atoms with Gasteiger partial charge in [-0.3, -0.25) is 9.78 Å². The molecular formula is C8H3F8NO2. The average Bonchev–Trinajstić information content (AvgIpc) is 2.11. The zero-order chi connectivity index (χ0) is 15.0. The largest absolute Gasteiger partial charge is 0.574 e. The first-order chi connectivity index (χ1) is 8.42. The number of ether oxygens (including phenoxy) is 1. The molecule has 0 bridgehead atoms. The number of alkyl halides is 8. The highest BCUT2D eigenvalue weighted by molar-refractivity contribution is 5.37. The Bertz CT molecular complexity index is 515. The minimum absolute atomic E-state index is 0.273. The van der Waals surface area contributed by atoms with Gasteiger partial charge < -0.3 is 4.74 Å². The van der Waals surface area contributed by atoms with E-state index >= 15 is 0 Å². The average molecular weight is 297 g/mol. The van der Waals surface area contributed by atoms with E-state index in [1.165, 1.54) is 0 Å². The van der Waals surface area contributed by atoms with Crippen LogP contribution in [0.5, 0.6) is 5.88 Å². The van der Waals surface area contributed by atoms with Gasteiger partial charge in [-0.15, -0.1) is 13.2 Å². The maximum atomic E-state index is 12.5. The van der Waals surface area contributed by atoms with Crippen LogP contribution in [0.4, 0.5) is 35.1 Å². The number of nitrogens with one attached hydrogen (secondary N) is 1. The van der Waals surface area contributed by atoms with Crippen molar-refractivity contribution in [1.82, 2.24) is 4.98 Å². The summed E-state index contributed by atoms with van der Waals surface area (Å²) < 4.78 is 101. The van der Waals surface area contributed by atoms with Crippen molar-refractivity contribution in [3.63, 3.8) is 0 Å². The summed E-state index contributed by atoms with van der Waals surface area (Å²) in [4.78, 5) is 11.9. The summed E-state index contributed by atoms with van der Waals surface area (Å²) in [6.45, 7) is 0. The van der Waals surface area contributed by atoms with Gasteiger partial charge in [-0.25, -0.2) is 8.78 Å². The molecule has 0 saturated carbocycles. The van der Waals surface area contributed by atoms with Crippen LogP contribution in [-0.2, 0) is 6.18 Å². The van der Waals surface area contributed by atoms with Gasteiger partial charge in [0.25, 0.3) is 12.0 Å². The van der Waals surface area contributed by atoms with E-state index in [1.54, 1.807) is 0 Å². The molecule has 1 N–H and O–H groups in total. The van der Waals surface area contributed by atoms with E-state index in [0.717, 1.165) is 4.98 Å². The Morgan fingerprint density at radius 1 is 1.11 bits per heavy atom. The molecule has 0 aliphatic carbocycles. The fourth-order valence-corrected chi connectivity index (χ4v) is 1.19. The van der Waals surface area contributed by atoms with E-state index in [0.29, 0.717) is 0 Å². The van der Waals surface area contributed by atoms with Crippen molar-refractivity contribution in [2.45, 2.75) is 19.0 Å². The summed E-state index contributed by atoms with van der Waals surface area (Å²) in [6, 6.07) is -0.273. The van der Waals surface area contributed by atoms with Crippen LogP contribution in [0.25, 0.3) is 0 Å². The highest BCUT2D eigenvalue weighted by Gasteiger charge is 2.41. The molecule has 1 heterocycles. The third-order valence-corrected chi connectivity index (χ3v) is 1.79. The maximum absolute atomic E-state index is 12.5.